The maximum absolute atomic E-state index is 11.8. The Hall–Kier alpha value is -2.69. The summed E-state index contributed by atoms with van der Waals surface area (Å²) in [7, 11) is 3.47. The highest BCUT2D eigenvalue weighted by molar-refractivity contribution is 5.73. The van der Waals surface area contributed by atoms with Gasteiger partial charge in [0.2, 0.25) is 5.91 Å². The van der Waals surface area contributed by atoms with Crippen molar-refractivity contribution in [1.82, 2.24) is 10.6 Å². The summed E-state index contributed by atoms with van der Waals surface area (Å²) >= 11 is 0. The first-order valence-corrected chi connectivity index (χ1v) is 16.5. The number of hydrogen-bond acceptors (Lipinski definition) is 8. The molecule has 2 aromatic carbocycles. The second-order valence-electron chi connectivity index (χ2n) is 13.4. The van der Waals surface area contributed by atoms with Gasteiger partial charge in [-0.1, -0.05) is 37.3 Å². The van der Waals surface area contributed by atoms with Crippen LogP contribution in [0.25, 0.3) is 0 Å². The van der Waals surface area contributed by atoms with Crippen LogP contribution < -0.4 is 20.3 Å². The predicted octanol–water partition coefficient (Wildman–Crippen LogP) is 5.06. The highest BCUT2D eigenvalue weighted by atomic mass is 16.5. The first kappa shape index (κ1) is 35.2. The summed E-state index contributed by atoms with van der Waals surface area (Å²) in [6, 6.07) is 15.5. The number of fused-ring (bicyclic) bond motifs is 1. The zero-order chi connectivity index (χ0) is 32.2. The van der Waals surface area contributed by atoms with E-state index in [1.165, 1.54) is 5.56 Å². The fourth-order valence-electron chi connectivity index (χ4n) is 6.61. The number of hydrogen-bond donors (Lipinski definition) is 2. The second-order valence-corrected chi connectivity index (χ2v) is 13.4. The second kappa shape index (κ2) is 17.3. The van der Waals surface area contributed by atoms with Crippen LogP contribution in [0.3, 0.4) is 0 Å². The monoisotopic (exact) mass is 625 g/mol. The molecule has 0 aromatic heterocycles. The van der Waals surface area contributed by atoms with E-state index >= 15 is 0 Å². The third-order valence-electron chi connectivity index (χ3n) is 8.62. The molecule has 4 rings (SSSR count). The summed E-state index contributed by atoms with van der Waals surface area (Å²) in [4.78, 5) is 14.2. The number of anilines is 1. The van der Waals surface area contributed by atoms with Gasteiger partial charge in [0.25, 0.3) is 0 Å². The van der Waals surface area contributed by atoms with Crippen LogP contribution in [0.5, 0.6) is 5.75 Å². The number of piperidine rings is 1. The third kappa shape index (κ3) is 11.0. The summed E-state index contributed by atoms with van der Waals surface area (Å²) in [5, 5.41) is 6.85. The molecule has 0 radical (unpaired) electrons. The number of nitrogens with zero attached hydrogens (tertiary/aromatic N) is 1. The van der Waals surface area contributed by atoms with Crippen molar-refractivity contribution in [3.05, 3.63) is 59.2 Å². The number of ether oxygens (including phenoxy) is 5. The molecule has 9 nitrogen and oxygen atoms in total. The van der Waals surface area contributed by atoms with Gasteiger partial charge in [-0.25, -0.2) is 0 Å². The molecule has 250 valence electrons. The van der Waals surface area contributed by atoms with Crippen LogP contribution in [0.4, 0.5) is 5.69 Å². The number of nitrogens with one attached hydrogen (secondary N) is 2. The van der Waals surface area contributed by atoms with E-state index in [2.05, 4.69) is 78.8 Å². The molecule has 2 heterocycles. The molecule has 4 atom stereocenters. The van der Waals surface area contributed by atoms with Crippen molar-refractivity contribution in [2.75, 3.05) is 65.2 Å². The van der Waals surface area contributed by atoms with Gasteiger partial charge in [0.15, 0.2) is 0 Å². The van der Waals surface area contributed by atoms with Crippen LogP contribution in [-0.2, 0) is 37.0 Å². The van der Waals surface area contributed by atoms with E-state index in [0.717, 1.165) is 68.1 Å². The van der Waals surface area contributed by atoms with Gasteiger partial charge in [0.05, 0.1) is 44.8 Å². The van der Waals surface area contributed by atoms with Gasteiger partial charge in [0, 0.05) is 64.3 Å². The smallest absolute Gasteiger partial charge is 0.217 e. The maximum Gasteiger partial charge on any atom is 0.217 e. The molecule has 1 fully saturated rings. The summed E-state index contributed by atoms with van der Waals surface area (Å²) in [5.41, 5.74) is 4.39. The van der Waals surface area contributed by atoms with E-state index in [0.29, 0.717) is 39.0 Å². The molecule has 0 saturated carbocycles. The van der Waals surface area contributed by atoms with Crippen LogP contribution in [0.15, 0.2) is 42.5 Å². The molecule has 0 bridgehead atoms. The third-order valence-corrected chi connectivity index (χ3v) is 8.62. The fourth-order valence-corrected chi connectivity index (χ4v) is 6.61. The Bertz CT molecular complexity index is 1190. The zero-order valence-electron chi connectivity index (χ0n) is 28.2. The predicted molar refractivity (Wildman–Crippen MR) is 178 cm³/mol. The Labute approximate surface area is 270 Å². The average Bonchev–Trinajstić information content (AvgIpc) is 3.00. The van der Waals surface area contributed by atoms with Crippen LogP contribution in [0, 0.1) is 5.92 Å². The Kier molecular flexibility index (Phi) is 13.5. The van der Waals surface area contributed by atoms with E-state index in [-0.39, 0.29) is 29.5 Å². The van der Waals surface area contributed by atoms with E-state index in [9.17, 15) is 4.79 Å². The maximum atomic E-state index is 11.8. The molecular formula is C36H55N3O6. The van der Waals surface area contributed by atoms with Crippen LogP contribution in [-0.4, -0.2) is 83.9 Å². The highest BCUT2D eigenvalue weighted by Crippen LogP contribution is 2.35. The van der Waals surface area contributed by atoms with Gasteiger partial charge >= 0.3 is 0 Å². The SMILES string of the molecule is COCCCN1CCOc2ccc(CO[C@H]3CN[C@@H](CC(C)(C)NC(C)=O)C[C@@H]3c3ccc(COCC(C)COC)cc3)cc21. The van der Waals surface area contributed by atoms with Crippen molar-refractivity contribution >= 4 is 11.6 Å². The molecule has 0 spiro atoms. The minimum Gasteiger partial charge on any atom is -0.490 e. The zero-order valence-corrected chi connectivity index (χ0v) is 28.2. The fraction of sp³-hybridized carbons (Fsp3) is 0.639. The van der Waals surface area contributed by atoms with Crippen LogP contribution in [0.1, 0.15) is 69.6 Å². The van der Waals surface area contributed by atoms with E-state index in [1.807, 2.05) is 0 Å². The first-order valence-electron chi connectivity index (χ1n) is 16.5. The largest absolute Gasteiger partial charge is 0.490 e. The number of benzene rings is 2. The number of carbonyl (C=O) groups is 1. The number of amides is 1. The lowest BCUT2D eigenvalue weighted by Crippen LogP contribution is -2.52. The lowest BCUT2D eigenvalue weighted by molar-refractivity contribution is -0.120. The van der Waals surface area contributed by atoms with E-state index in [1.54, 1.807) is 21.1 Å². The van der Waals surface area contributed by atoms with Crippen molar-refractivity contribution in [3.63, 3.8) is 0 Å². The lowest BCUT2D eigenvalue weighted by atomic mass is 9.80. The van der Waals surface area contributed by atoms with Crippen molar-refractivity contribution in [1.29, 1.82) is 0 Å². The van der Waals surface area contributed by atoms with Crippen molar-refractivity contribution in [3.8, 4) is 5.75 Å². The standard InChI is InChI=1S/C36H55N3O6/c1-26(22-42-6)23-43-24-28-8-11-30(12-9-28)32-19-31(20-36(3,4)38-27(2)40)37-21-35(32)45-25-29-10-13-34-33(18-29)39(15-17-44-34)14-7-16-41-5/h8-13,18,26,31-32,35,37H,7,14-17,19-25H2,1-6H3,(H,38,40)/t26?,31-,32-,35+/m1/s1. The number of rotatable bonds is 17. The molecule has 2 aliphatic heterocycles. The molecule has 2 aromatic rings. The summed E-state index contributed by atoms with van der Waals surface area (Å²) < 4.78 is 29.1. The van der Waals surface area contributed by atoms with Crippen LogP contribution >= 0.6 is 0 Å². The van der Waals surface area contributed by atoms with E-state index < -0.39 is 0 Å². The quantitative estimate of drug-likeness (QED) is 0.236. The highest BCUT2D eigenvalue weighted by Gasteiger charge is 2.35. The Morgan fingerprint density at radius 1 is 1.09 bits per heavy atom. The van der Waals surface area contributed by atoms with Gasteiger partial charge in [-0.2, -0.15) is 0 Å². The molecular weight excluding hydrogens is 570 g/mol. The van der Waals surface area contributed by atoms with Gasteiger partial charge in [-0.15, -0.1) is 0 Å². The van der Waals surface area contributed by atoms with Gasteiger partial charge in [0.1, 0.15) is 12.4 Å². The molecule has 2 aliphatic rings. The minimum absolute atomic E-state index is 0.00398. The molecule has 1 saturated heterocycles. The van der Waals surface area contributed by atoms with Crippen molar-refractivity contribution in [2.45, 2.75) is 83.8 Å². The summed E-state index contributed by atoms with van der Waals surface area (Å²) in [6.45, 7) is 14.4. The Balaban J connectivity index is 1.44. The first-order chi connectivity index (χ1) is 21.7. The molecule has 9 heteroatoms. The lowest BCUT2D eigenvalue weighted by Gasteiger charge is -2.40. The molecule has 1 amide bonds. The summed E-state index contributed by atoms with van der Waals surface area (Å²) in [5.74, 6) is 1.51. The van der Waals surface area contributed by atoms with Gasteiger partial charge < -0.3 is 39.2 Å². The number of methoxy groups -OCH3 is 2. The van der Waals surface area contributed by atoms with Crippen LogP contribution in [0.2, 0.25) is 0 Å². The Morgan fingerprint density at radius 2 is 1.87 bits per heavy atom. The molecule has 0 aliphatic carbocycles. The van der Waals surface area contributed by atoms with Gasteiger partial charge in [-0.3, -0.25) is 4.79 Å². The van der Waals surface area contributed by atoms with Gasteiger partial charge in [-0.05, 0) is 61.9 Å². The van der Waals surface area contributed by atoms with Crippen molar-refractivity contribution in [2.24, 2.45) is 5.92 Å². The molecule has 45 heavy (non-hydrogen) atoms. The van der Waals surface area contributed by atoms with E-state index in [4.69, 9.17) is 23.7 Å². The number of carbonyl (C=O) groups excluding carboxylic acids is 1. The summed E-state index contributed by atoms with van der Waals surface area (Å²) in [6.07, 6.45) is 2.74. The average molecular weight is 626 g/mol. The Morgan fingerprint density at radius 3 is 2.60 bits per heavy atom. The minimum atomic E-state index is -0.302. The topological polar surface area (TPSA) is 90.5 Å². The normalized spacial score (nSPS) is 20.8. The van der Waals surface area contributed by atoms with Crippen molar-refractivity contribution < 1.29 is 28.5 Å². The molecule has 2 N–H and O–H groups in total. The molecule has 1 unspecified atom stereocenters.